The fourth-order valence-electron chi connectivity index (χ4n) is 1.12. The molecular formula is C9H19NO2. The van der Waals surface area contributed by atoms with Crippen LogP contribution in [0.15, 0.2) is 0 Å². The second-order valence-corrected chi connectivity index (χ2v) is 3.63. The first-order valence-corrected chi connectivity index (χ1v) is 4.69. The van der Waals surface area contributed by atoms with Crippen LogP contribution in [0.5, 0.6) is 0 Å². The van der Waals surface area contributed by atoms with Gasteiger partial charge in [-0.1, -0.05) is 13.8 Å². The van der Waals surface area contributed by atoms with E-state index >= 15 is 0 Å². The second-order valence-electron chi connectivity index (χ2n) is 3.63. The molecule has 1 aliphatic rings. The van der Waals surface area contributed by atoms with Crippen LogP contribution in [0.25, 0.3) is 0 Å². The molecule has 0 aliphatic carbocycles. The van der Waals surface area contributed by atoms with Gasteiger partial charge >= 0.3 is 0 Å². The van der Waals surface area contributed by atoms with E-state index in [1.54, 1.807) is 0 Å². The molecule has 1 unspecified atom stereocenters. The third-order valence-electron chi connectivity index (χ3n) is 1.76. The van der Waals surface area contributed by atoms with Gasteiger partial charge in [-0.15, -0.1) is 0 Å². The van der Waals surface area contributed by atoms with Gasteiger partial charge in [0.15, 0.2) is 0 Å². The van der Waals surface area contributed by atoms with Crippen molar-refractivity contribution in [3.8, 4) is 0 Å². The number of ether oxygens (including phenoxy) is 2. The van der Waals surface area contributed by atoms with Crippen molar-refractivity contribution in [1.82, 2.24) is 5.32 Å². The molecule has 1 rings (SSSR count). The molecule has 0 radical (unpaired) electrons. The molecule has 1 atom stereocenters. The van der Waals surface area contributed by atoms with Gasteiger partial charge in [0.2, 0.25) is 0 Å². The van der Waals surface area contributed by atoms with Crippen LogP contribution in [-0.2, 0) is 9.47 Å². The van der Waals surface area contributed by atoms with Crippen LogP contribution < -0.4 is 5.32 Å². The highest BCUT2D eigenvalue weighted by atomic mass is 16.5. The van der Waals surface area contributed by atoms with Crippen molar-refractivity contribution >= 4 is 0 Å². The topological polar surface area (TPSA) is 30.5 Å². The Morgan fingerprint density at radius 2 is 2.42 bits per heavy atom. The average molecular weight is 173 g/mol. The maximum absolute atomic E-state index is 5.64. The largest absolute Gasteiger partial charge is 0.377 e. The molecule has 0 amide bonds. The molecule has 0 spiro atoms. The van der Waals surface area contributed by atoms with E-state index < -0.39 is 0 Å². The minimum Gasteiger partial charge on any atom is -0.377 e. The van der Waals surface area contributed by atoms with Crippen molar-refractivity contribution in [1.29, 1.82) is 0 Å². The number of rotatable bonds is 3. The first-order chi connectivity index (χ1) is 5.79. The monoisotopic (exact) mass is 173 g/mol. The number of nitrogens with one attached hydrogen (secondary N) is 1. The number of hydrogen-bond acceptors (Lipinski definition) is 3. The van der Waals surface area contributed by atoms with Crippen molar-refractivity contribution in [2.24, 2.45) is 5.92 Å². The van der Waals surface area contributed by atoms with Crippen LogP contribution in [0.3, 0.4) is 0 Å². The summed E-state index contributed by atoms with van der Waals surface area (Å²) in [6.45, 7) is 8.56. The summed E-state index contributed by atoms with van der Waals surface area (Å²) in [5.74, 6) is 0.605. The van der Waals surface area contributed by atoms with Crippen LogP contribution in [0.2, 0.25) is 0 Å². The third-order valence-corrected chi connectivity index (χ3v) is 1.76. The maximum Gasteiger partial charge on any atom is 0.0932 e. The van der Waals surface area contributed by atoms with E-state index in [1.165, 1.54) is 0 Å². The molecule has 0 aromatic rings. The fourth-order valence-corrected chi connectivity index (χ4v) is 1.12. The van der Waals surface area contributed by atoms with E-state index in [9.17, 15) is 0 Å². The van der Waals surface area contributed by atoms with Gasteiger partial charge in [-0.3, -0.25) is 0 Å². The van der Waals surface area contributed by atoms with Crippen LogP contribution in [0, 0.1) is 5.92 Å². The SMILES string of the molecule is CC(C)COC1CNCCOC1. The summed E-state index contributed by atoms with van der Waals surface area (Å²) in [4.78, 5) is 0. The van der Waals surface area contributed by atoms with E-state index in [1.807, 2.05) is 0 Å². The standard InChI is InChI=1S/C9H19NO2/c1-8(2)6-12-9-5-10-3-4-11-7-9/h8-10H,3-7H2,1-2H3. The van der Waals surface area contributed by atoms with Crippen molar-refractivity contribution in [2.75, 3.05) is 32.9 Å². The van der Waals surface area contributed by atoms with Crippen LogP contribution in [-0.4, -0.2) is 39.0 Å². The predicted octanol–water partition coefficient (Wildman–Crippen LogP) is 0.647. The first kappa shape index (κ1) is 9.96. The molecule has 1 heterocycles. The number of hydrogen-bond donors (Lipinski definition) is 1. The Bertz CT molecular complexity index is 109. The lowest BCUT2D eigenvalue weighted by Crippen LogP contribution is -2.30. The Morgan fingerprint density at radius 1 is 1.58 bits per heavy atom. The molecule has 1 N–H and O–H groups in total. The molecule has 12 heavy (non-hydrogen) atoms. The maximum atomic E-state index is 5.64. The van der Waals surface area contributed by atoms with E-state index in [4.69, 9.17) is 9.47 Å². The quantitative estimate of drug-likeness (QED) is 0.679. The van der Waals surface area contributed by atoms with E-state index in [-0.39, 0.29) is 6.10 Å². The van der Waals surface area contributed by atoms with Crippen LogP contribution >= 0.6 is 0 Å². The zero-order chi connectivity index (χ0) is 8.81. The zero-order valence-electron chi connectivity index (χ0n) is 8.01. The van der Waals surface area contributed by atoms with Gasteiger partial charge in [-0.25, -0.2) is 0 Å². The highest BCUT2D eigenvalue weighted by Crippen LogP contribution is 2.00. The minimum atomic E-state index is 0.245. The molecule has 0 bridgehead atoms. The molecule has 0 aromatic carbocycles. The van der Waals surface area contributed by atoms with Gasteiger partial charge in [0.1, 0.15) is 0 Å². The smallest absolute Gasteiger partial charge is 0.0932 e. The lowest BCUT2D eigenvalue weighted by molar-refractivity contribution is -0.0104. The highest BCUT2D eigenvalue weighted by Gasteiger charge is 2.12. The molecule has 1 aliphatic heterocycles. The molecule has 72 valence electrons. The van der Waals surface area contributed by atoms with E-state index in [0.717, 1.165) is 32.9 Å². The summed E-state index contributed by atoms with van der Waals surface area (Å²) in [7, 11) is 0. The minimum absolute atomic E-state index is 0.245. The van der Waals surface area contributed by atoms with E-state index in [2.05, 4.69) is 19.2 Å². The molecule has 3 nitrogen and oxygen atoms in total. The average Bonchev–Trinajstić information content (AvgIpc) is 2.28. The van der Waals surface area contributed by atoms with Gasteiger partial charge in [0.25, 0.3) is 0 Å². The van der Waals surface area contributed by atoms with Crippen molar-refractivity contribution in [3.05, 3.63) is 0 Å². The summed E-state index contributed by atoms with van der Waals surface area (Å²) in [6, 6.07) is 0. The Labute approximate surface area is 74.4 Å². The molecular weight excluding hydrogens is 154 g/mol. The molecule has 1 fully saturated rings. The predicted molar refractivity (Wildman–Crippen MR) is 48.3 cm³/mol. The fraction of sp³-hybridized carbons (Fsp3) is 1.00. The lowest BCUT2D eigenvalue weighted by Gasteiger charge is -2.16. The Morgan fingerprint density at radius 3 is 3.17 bits per heavy atom. The van der Waals surface area contributed by atoms with Crippen LogP contribution in [0.4, 0.5) is 0 Å². The van der Waals surface area contributed by atoms with Gasteiger partial charge in [0, 0.05) is 19.7 Å². The molecule has 3 heteroatoms. The Kier molecular flexibility index (Phi) is 4.58. The summed E-state index contributed by atoms with van der Waals surface area (Å²) in [5, 5.41) is 3.27. The summed E-state index contributed by atoms with van der Waals surface area (Å²) >= 11 is 0. The lowest BCUT2D eigenvalue weighted by atomic mass is 10.2. The highest BCUT2D eigenvalue weighted by molar-refractivity contribution is 4.64. The first-order valence-electron chi connectivity index (χ1n) is 4.69. The van der Waals surface area contributed by atoms with Crippen molar-refractivity contribution in [2.45, 2.75) is 20.0 Å². The second kappa shape index (κ2) is 5.51. The third kappa shape index (κ3) is 4.04. The van der Waals surface area contributed by atoms with E-state index in [0.29, 0.717) is 5.92 Å². The Hall–Kier alpha value is -0.120. The van der Waals surface area contributed by atoms with Gasteiger partial charge in [-0.2, -0.15) is 0 Å². The van der Waals surface area contributed by atoms with Gasteiger partial charge in [0.05, 0.1) is 19.3 Å². The zero-order valence-corrected chi connectivity index (χ0v) is 8.01. The molecule has 0 aromatic heterocycles. The normalized spacial score (nSPS) is 25.8. The Balaban J connectivity index is 2.12. The summed E-state index contributed by atoms with van der Waals surface area (Å²) < 4.78 is 11.0. The van der Waals surface area contributed by atoms with Crippen LogP contribution in [0.1, 0.15) is 13.8 Å². The molecule has 1 saturated heterocycles. The summed E-state index contributed by atoms with van der Waals surface area (Å²) in [6.07, 6.45) is 0.245. The van der Waals surface area contributed by atoms with Gasteiger partial charge < -0.3 is 14.8 Å². The summed E-state index contributed by atoms with van der Waals surface area (Å²) in [5.41, 5.74) is 0. The molecule has 0 saturated carbocycles. The van der Waals surface area contributed by atoms with Crippen molar-refractivity contribution in [3.63, 3.8) is 0 Å². The van der Waals surface area contributed by atoms with Crippen molar-refractivity contribution < 1.29 is 9.47 Å². The van der Waals surface area contributed by atoms with Gasteiger partial charge in [-0.05, 0) is 5.92 Å².